The number of hydrogen-bond donors (Lipinski definition) is 2. The van der Waals surface area contributed by atoms with Crippen molar-refractivity contribution in [2.75, 3.05) is 12.4 Å². The van der Waals surface area contributed by atoms with Crippen molar-refractivity contribution < 1.29 is 4.74 Å². The third-order valence-corrected chi connectivity index (χ3v) is 2.61. The summed E-state index contributed by atoms with van der Waals surface area (Å²) in [5.74, 6) is 1.81. The highest BCUT2D eigenvalue weighted by molar-refractivity contribution is 8.13. The topological polar surface area (TPSA) is 59.1 Å². The second-order valence-corrected chi connectivity index (χ2v) is 4.22. The Bertz CT molecular complexity index is 290. The molecule has 0 aliphatic rings. The van der Waals surface area contributed by atoms with Crippen LogP contribution >= 0.6 is 11.8 Å². The van der Waals surface area contributed by atoms with E-state index in [2.05, 4.69) is 0 Å². The maximum absolute atomic E-state index is 7.02. The van der Waals surface area contributed by atoms with Gasteiger partial charge in [0.2, 0.25) is 0 Å². The van der Waals surface area contributed by atoms with Crippen molar-refractivity contribution in [1.82, 2.24) is 0 Å². The number of amidine groups is 1. The number of nitrogens with two attached hydrogens (primary N) is 1. The quantitative estimate of drug-likeness (QED) is 0.443. The summed E-state index contributed by atoms with van der Waals surface area (Å²) in [6.07, 6.45) is 2.02. The van der Waals surface area contributed by atoms with Crippen molar-refractivity contribution >= 4 is 16.9 Å². The van der Waals surface area contributed by atoms with E-state index in [1.165, 1.54) is 11.8 Å². The molecular weight excluding hydrogens is 208 g/mol. The Morgan fingerprint density at radius 2 is 2.00 bits per heavy atom. The van der Waals surface area contributed by atoms with Gasteiger partial charge in [-0.25, -0.2) is 0 Å². The van der Waals surface area contributed by atoms with Gasteiger partial charge in [0.15, 0.2) is 5.17 Å². The number of nitrogens with one attached hydrogen (secondary N) is 1. The third-order valence-electron chi connectivity index (χ3n) is 1.81. The smallest absolute Gasteiger partial charge is 0.151 e. The number of rotatable bonds is 6. The Hall–Kier alpha value is -1.16. The van der Waals surface area contributed by atoms with E-state index in [1.807, 2.05) is 30.3 Å². The van der Waals surface area contributed by atoms with Gasteiger partial charge in [0, 0.05) is 5.75 Å². The molecule has 0 spiro atoms. The minimum Gasteiger partial charge on any atom is -0.494 e. The number of thioether (sulfide) groups is 1. The first-order valence-electron chi connectivity index (χ1n) is 4.93. The first-order chi connectivity index (χ1) is 7.29. The number of hydrogen-bond acceptors (Lipinski definition) is 3. The predicted octanol–water partition coefficient (Wildman–Crippen LogP) is 2.47. The third kappa shape index (κ3) is 6.01. The molecule has 3 N–H and O–H groups in total. The minimum atomic E-state index is 0.193. The molecule has 0 amide bonds. The summed E-state index contributed by atoms with van der Waals surface area (Å²) in [5, 5.41) is 7.21. The standard InChI is InChI=1S/C11H16N2OS/c12-11(13)15-9-5-4-8-14-10-6-2-1-3-7-10/h1-3,6-7H,4-5,8-9H2,(H3,12,13). The van der Waals surface area contributed by atoms with Gasteiger partial charge in [-0.3, -0.25) is 5.41 Å². The lowest BCUT2D eigenvalue weighted by molar-refractivity contribution is 0.310. The van der Waals surface area contributed by atoms with Crippen LogP contribution in [0.1, 0.15) is 12.8 Å². The largest absolute Gasteiger partial charge is 0.494 e. The van der Waals surface area contributed by atoms with Crippen LogP contribution in [0.15, 0.2) is 30.3 Å². The van der Waals surface area contributed by atoms with Crippen molar-refractivity contribution in [3.63, 3.8) is 0 Å². The van der Waals surface area contributed by atoms with E-state index < -0.39 is 0 Å². The maximum Gasteiger partial charge on any atom is 0.151 e. The van der Waals surface area contributed by atoms with E-state index in [-0.39, 0.29) is 5.17 Å². The fourth-order valence-corrected chi connectivity index (χ4v) is 1.66. The summed E-state index contributed by atoms with van der Waals surface area (Å²) < 4.78 is 5.52. The van der Waals surface area contributed by atoms with Gasteiger partial charge in [0.05, 0.1) is 6.61 Å². The molecule has 82 valence electrons. The number of ether oxygens (including phenoxy) is 1. The predicted molar refractivity (Wildman–Crippen MR) is 65.5 cm³/mol. The summed E-state index contributed by atoms with van der Waals surface area (Å²) >= 11 is 1.38. The molecule has 0 radical (unpaired) electrons. The molecule has 0 heterocycles. The van der Waals surface area contributed by atoms with Gasteiger partial charge in [-0.05, 0) is 25.0 Å². The van der Waals surface area contributed by atoms with Crippen molar-refractivity contribution in [2.24, 2.45) is 5.73 Å². The summed E-state index contributed by atoms with van der Waals surface area (Å²) in [6.45, 7) is 0.725. The van der Waals surface area contributed by atoms with E-state index in [1.54, 1.807) is 0 Å². The van der Waals surface area contributed by atoms with Crippen LogP contribution in [0.4, 0.5) is 0 Å². The van der Waals surface area contributed by atoms with Gasteiger partial charge in [0.1, 0.15) is 5.75 Å². The second-order valence-electron chi connectivity index (χ2n) is 3.08. The molecule has 0 fully saturated rings. The molecule has 0 unspecified atom stereocenters. The SMILES string of the molecule is N=C(N)SCCCCOc1ccccc1. The molecule has 0 saturated carbocycles. The Morgan fingerprint density at radius 1 is 1.27 bits per heavy atom. The van der Waals surface area contributed by atoms with E-state index >= 15 is 0 Å². The van der Waals surface area contributed by atoms with Crippen LogP contribution in [0.25, 0.3) is 0 Å². The molecule has 1 aromatic rings. The molecule has 0 bridgehead atoms. The second kappa shape index (κ2) is 7.17. The van der Waals surface area contributed by atoms with Crippen LogP contribution in [0.5, 0.6) is 5.75 Å². The summed E-state index contributed by atoms with van der Waals surface area (Å²) in [5.41, 5.74) is 5.21. The molecule has 0 aliphatic heterocycles. The Balaban J connectivity index is 2.00. The van der Waals surface area contributed by atoms with Crippen LogP contribution in [0.2, 0.25) is 0 Å². The van der Waals surface area contributed by atoms with Crippen LogP contribution < -0.4 is 10.5 Å². The lowest BCUT2D eigenvalue weighted by Crippen LogP contribution is -2.05. The zero-order chi connectivity index (χ0) is 10.9. The van der Waals surface area contributed by atoms with Gasteiger partial charge in [-0.2, -0.15) is 0 Å². The van der Waals surface area contributed by atoms with Gasteiger partial charge >= 0.3 is 0 Å². The summed E-state index contributed by atoms with van der Waals surface area (Å²) in [4.78, 5) is 0. The first-order valence-corrected chi connectivity index (χ1v) is 5.92. The van der Waals surface area contributed by atoms with Crippen LogP contribution in [0, 0.1) is 5.41 Å². The first kappa shape index (κ1) is 11.9. The highest BCUT2D eigenvalue weighted by Crippen LogP contribution is 2.09. The molecule has 4 heteroatoms. The van der Waals surface area contributed by atoms with Crippen molar-refractivity contribution in [2.45, 2.75) is 12.8 Å². The molecule has 3 nitrogen and oxygen atoms in total. The van der Waals surface area contributed by atoms with Gasteiger partial charge in [0.25, 0.3) is 0 Å². The maximum atomic E-state index is 7.02. The molecule has 1 aromatic carbocycles. The van der Waals surface area contributed by atoms with Crippen LogP contribution in [0.3, 0.4) is 0 Å². The Labute approximate surface area is 94.5 Å². The van der Waals surface area contributed by atoms with Gasteiger partial charge < -0.3 is 10.5 Å². The van der Waals surface area contributed by atoms with E-state index in [9.17, 15) is 0 Å². The minimum absolute atomic E-state index is 0.193. The monoisotopic (exact) mass is 224 g/mol. The molecule has 0 atom stereocenters. The lowest BCUT2D eigenvalue weighted by atomic mass is 10.3. The van der Waals surface area contributed by atoms with E-state index in [4.69, 9.17) is 15.9 Å². The number of benzene rings is 1. The molecule has 15 heavy (non-hydrogen) atoms. The van der Waals surface area contributed by atoms with Crippen molar-refractivity contribution in [3.8, 4) is 5.75 Å². The van der Waals surface area contributed by atoms with E-state index in [0.29, 0.717) is 0 Å². The summed E-state index contributed by atoms with van der Waals surface area (Å²) in [6, 6.07) is 9.78. The zero-order valence-corrected chi connectivity index (χ0v) is 9.43. The average molecular weight is 224 g/mol. The van der Waals surface area contributed by atoms with Crippen molar-refractivity contribution in [3.05, 3.63) is 30.3 Å². The fraction of sp³-hybridized carbons (Fsp3) is 0.364. The highest BCUT2D eigenvalue weighted by Gasteiger charge is 1.94. The highest BCUT2D eigenvalue weighted by atomic mass is 32.2. The van der Waals surface area contributed by atoms with Gasteiger partial charge in [-0.15, -0.1) is 0 Å². The van der Waals surface area contributed by atoms with Gasteiger partial charge in [-0.1, -0.05) is 30.0 Å². The average Bonchev–Trinajstić information content (AvgIpc) is 2.24. The van der Waals surface area contributed by atoms with Crippen molar-refractivity contribution in [1.29, 1.82) is 5.41 Å². The lowest BCUT2D eigenvalue weighted by Gasteiger charge is -2.05. The fourth-order valence-electron chi connectivity index (χ4n) is 1.09. The molecule has 0 saturated heterocycles. The summed E-state index contributed by atoms with van der Waals surface area (Å²) in [7, 11) is 0. The molecular formula is C11H16N2OS. The molecule has 1 rings (SSSR count). The Morgan fingerprint density at radius 3 is 2.67 bits per heavy atom. The normalized spacial score (nSPS) is 9.87. The van der Waals surface area contributed by atoms with Crippen LogP contribution in [-0.4, -0.2) is 17.5 Å². The number of unbranched alkanes of at least 4 members (excludes halogenated alkanes) is 1. The van der Waals surface area contributed by atoms with Crippen LogP contribution in [-0.2, 0) is 0 Å². The molecule has 0 aromatic heterocycles. The zero-order valence-electron chi connectivity index (χ0n) is 8.61. The Kier molecular flexibility index (Phi) is 5.70. The van der Waals surface area contributed by atoms with E-state index in [0.717, 1.165) is 31.0 Å². The molecule has 0 aliphatic carbocycles. The number of para-hydroxylation sites is 1.